The molecule has 2 fully saturated rings. The van der Waals surface area contributed by atoms with Gasteiger partial charge in [-0.25, -0.2) is 0 Å². The molecular weight excluding hydrogens is 272 g/mol. The van der Waals surface area contributed by atoms with Crippen LogP contribution < -0.4 is 0 Å². The van der Waals surface area contributed by atoms with Crippen molar-refractivity contribution in [3.8, 4) is 0 Å². The van der Waals surface area contributed by atoms with Crippen molar-refractivity contribution in [1.82, 2.24) is 0 Å². The summed E-state index contributed by atoms with van der Waals surface area (Å²) >= 11 is 0. The Hall–Kier alpha value is -0.630. The number of ether oxygens (including phenoxy) is 1. The van der Waals surface area contributed by atoms with Gasteiger partial charge in [0.15, 0.2) is 5.78 Å². The van der Waals surface area contributed by atoms with Gasteiger partial charge < -0.3 is 4.74 Å². The molecule has 0 N–H and O–H groups in total. The van der Waals surface area contributed by atoms with Crippen LogP contribution in [0.4, 0.5) is 0 Å². The van der Waals surface area contributed by atoms with E-state index in [1.165, 1.54) is 24.8 Å². The van der Waals surface area contributed by atoms with E-state index in [0.29, 0.717) is 23.5 Å². The van der Waals surface area contributed by atoms with Crippen LogP contribution in [0.15, 0.2) is 11.6 Å². The van der Waals surface area contributed by atoms with Crippen molar-refractivity contribution in [3.05, 3.63) is 11.6 Å². The highest BCUT2D eigenvalue weighted by molar-refractivity contribution is 5.93. The van der Waals surface area contributed by atoms with Crippen LogP contribution in [0.2, 0.25) is 0 Å². The molecule has 0 aromatic carbocycles. The molecule has 0 radical (unpaired) electrons. The van der Waals surface area contributed by atoms with Crippen LogP contribution in [0.3, 0.4) is 0 Å². The molecule has 2 bridgehead atoms. The second-order valence-electron chi connectivity index (χ2n) is 8.72. The summed E-state index contributed by atoms with van der Waals surface area (Å²) in [4.78, 5) is 12.2. The Kier molecular flexibility index (Phi) is 4.04. The summed E-state index contributed by atoms with van der Waals surface area (Å²) in [5, 5.41) is 0. The second kappa shape index (κ2) is 5.47. The Morgan fingerprint density at radius 2 is 2.00 bits per heavy atom. The third-order valence-corrected chi connectivity index (χ3v) is 7.16. The van der Waals surface area contributed by atoms with Crippen molar-refractivity contribution in [2.45, 2.75) is 84.3 Å². The summed E-state index contributed by atoms with van der Waals surface area (Å²) < 4.78 is 6.41. The fourth-order valence-corrected chi connectivity index (χ4v) is 5.38. The highest BCUT2D eigenvalue weighted by Gasteiger charge is 2.60. The molecule has 0 amide bonds. The summed E-state index contributed by atoms with van der Waals surface area (Å²) in [7, 11) is 0. The van der Waals surface area contributed by atoms with Crippen molar-refractivity contribution in [2.24, 2.45) is 23.7 Å². The Bertz CT molecular complexity index is 494. The molecule has 3 aliphatic rings. The van der Waals surface area contributed by atoms with Gasteiger partial charge in [0.1, 0.15) is 0 Å². The predicted octanol–water partition coefficient (Wildman–Crippen LogP) is 4.92. The fraction of sp³-hybridized carbons (Fsp3) is 0.850. The molecule has 0 spiro atoms. The molecule has 0 unspecified atom stereocenters. The number of hydrogen-bond donors (Lipinski definition) is 0. The maximum Gasteiger partial charge on any atom is 0.158 e. The van der Waals surface area contributed by atoms with Crippen LogP contribution in [0.5, 0.6) is 0 Å². The molecule has 2 saturated heterocycles. The van der Waals surface area contributed by atoms with E-state index in [1.54, 1.807) is 0 Å². The van der Waals surface area contributed by atoms with E-state index in [9.17, 15) is 4.79 Å². The van der Waals surface area contributed by atoms with E-state index in [1.807, 2.05) is 6.08 Å². The Morgan fingerprint density at radius 1 is 1.32 bits per heavy atom. The molecule has 2 nitrogen and oxygen atoms in total. The van der Waals surface area contributed by atoms with E-state index in [-0.39, 0.29) is 17.1 Å². The van der Waals surface area contributed by atoms with Gasteiger partial charge in [-0.2, -0.15) is 0 Å². The standard InChI is InChI=1S/C20H32O2/c1-13-6-8-16(18(21)12-13)14(2)7-9-17-15(3)19(4)10-11-20(17,5)22-19/h12,14-17H,6-11H2,1-5H3/t14-,15-,16+,17-,19+,20-/m1/s1. The molecule has 0 saturated carbocycles. The second-order valence-corrected chi connectivity index (χ2v) is 8.72. The maximum absolute atomic E-state index is 12.2. The van der Waals surface area contributed by atoms with Crippen LogP contribution in [-0.4, -0.2) is 17.0 Å². The van der Waals surface area contributed by atoms with Gasteiger partial charge in [-0.1, -0.05) is 19.4 Å². The molecule has 124 valence electrons. The number of ketones is 1. The van der Waals surface area contributed by atoms with Gasteiger partial charge in [-0.15, -0.1) is 0 Å². The first kappa shape index (κ1) is 16.2. The zero-order chi connectivity index (χ0) is 16.1. The van der Waals surface area contributed by atoms with Gasteiger partial charge in [-0.05, 0) is 83.1 Å². The summed E-state index contributed by atoms with van der Waals surface area (Å²) in [5.41, 5.74) is 1.44. The average molecular weight is 304 g/mol. The van der Waals surface area contributed by atoms with Crippen molar-refractivity contribution in [3.63, 3.8) is 0 Å². The lowest BCUT2D eigenvalue weighted by Crippen LogP contribution is -2.37. The summed E-state index contributed by atoms with van der Waals surface area (Å²) in [5.74, 6) is 2.42. The Labute approximate surface area is 135 Å². The van der Waals surface area contributed by atoms with Crippen molar-refractivity contribution in [2.75, 3.05) is 0 Å². The monoisotopic (exact) mass is 304 g/mol. The van der Waals surface area contributed by atoms with E-state index in [2.05, 4.69) is 34.6 Å². The third-order valence-electron chi connectivity index (χ3n) is 7.16. The molecule has 0 aromatic heterocycles. The van der Waals surface area contributed by atoms with Gasteiger partial charge in [0, 0.05) is 5.92 Å². The molecule has 2 aliphatic heterocycles. The first-order chi connectivity index (χ1) is 10.3. The highest BCUT2D eigenvalue weighted by Crippen LogP contribution is 2.58. The normalized spacial score (nSPS) is 46.0. The largest absolute Gasteiger partial charge is 0.369 e. The minimum Gasteiger partial charge on any atom is -0.369 e. The number of fused-ring (bicyclic) bond motifs is 2. The van der Waals surface area contributed by atoms with Gasteiger partial charge in [-0.3, -0.25) is 4.79 Å². The molecule has 2 heteroatoms. The lowest BCUT2D eigenvalue weighted by atomic mass is 9.66. The number of allylic oxidation sites excluding steroid dienone is 2. The SMILES string of the molecule is CC1=CC(=O)[C@H]([C@H](C)CC[C@@H]2[C@@H](C)[C@]3(C)CC[C@@]2(C)O3)CC1. The van der Waals surface area contributed by atoms with Gasteiger partial charge in [0.25, 0.3) is 0 Å². The van der Waals surface area contributed by atoms with Crippen molar-refractivity contribution < 1.29 is 9.53 Å². The Balaban J connectivity index is 1.60. The topological polar surface area (TPSA) is 26.3 Å². The zero-order valence-corrected chi connectivity index (χ0v) is 14.9. The summed E-state index contributed by atoms with van der Waals surface area (Å²) in [6, 6.07) is 0. The van der Waals surface area contributed by atoms with E-state index < -0.39 is 0 Å². The average Bonchev–Trinajstić information content (AvgIpc) is 2.84. The van der Waals surface area contributed by atoms with Crippen molar-refractivity contribution >= 4 is 5.78 Å². The van der Waals surface area contributed by atoms with E-state index in [0.717, 1.165) is 19.3 Å². The van der Waals surface area contributed by atoms with E-state index in [4.69, 9.17) is 4.74 Å². The third kappa shape index (κ3) is 2.58. The molecule has 0 aromatic rings. The number of hydrogen-bond acceptors (Lipinski definition) is 2. The maximum atomic E-state index is 12.2. The number of carbonyl (C=O) groups excluding carboxylic acids is 1. The molecule has 3 rings (SSSR count). The van der Waals surface area contributed by atoms with Crippen molar-refractivity contribution in [1.29, 1.82) is 0 Å². The first-order valence-electron chi connectivity index (χ1n) is 9.16. The predicted molar refractivity (Wildman–Crippen MR) is 89.7 cm³/mol. The Morgan fingerprint density at radius 3 is 2.59 bits per heavy atom. The van der Waals surface area contributed by atoms with Crippen LogP contribution in [0.25, 0.3) is 0 Å². The molecule has 22 heavy (non-hydrogen) atoms. The summed E-state index contributed by atoms with van der Waals surface area (Å²) in [6.45, 7) is 11.3. The van der Waals surface area contributed by atoms with Gasteiger partial charge >= 0.3 is 0 Å². The lowest BCUT2D eigenvalue weighted by Gasteiger charge is -2.36. The first-order valence-corrected chi connectivity index (χ1v) is 9.16. The van der Waals surface area contributed by atoms with E-state index >= 15 is 0 Å². The highest BCUT2D eigenvalue weighted by atomic mass is 16.5. The van der Waals surface area contributed by atoms with Crippen LogP contribution >= 0.6 is 0 Å². The minimum absolute atomic E-state index is 0.0843. The fourth-order valence-electron chi connectivity index (χ4n) is 5.38. The van der Waals surface area contributed by atoms with Gasteiger partial charge in [0.2, 0.25) is 0 Å². The summed E-state index contributed by atoms with van der Waals surface area (Å²) in [6.07, 6.45) is 8.82. The molecule has 2 heterocycles. The number of carbonyl (C=O) groups is 1. The lowest BCUT2D eigenvalue weighted by molar-refractivity contribution is -0.120. The molecular formula is C20H32O2. The van der Waals surface area contributed by atoms with Crippen LogP contribution in [0, 0.1) is 23.7 Å². The van der Waals surface area contributed by atoms with Gasteiger partial charge in [0.05, 0.1) is 11.2 Å². The quantitative estimate of drug-likeness (QED) is 0.736. The van der Waals surface area contributed by atoms with Crippen LogP contribution in [0.1, 0.15) is 73.1 Å². The number of rotatable bonds is 4. The molecule has 1 aliphatic carbocycles. The smallest absolute Gasteiger partial charge is 0.158 e. The van der Waals surface area contributed by atoms with Crippen LogP contribution in [-0.2, 0) is 9.53 Å². The minimum atomic E-state index is 0.0843. The molecule has 6 atom stereocenters. The zero-order valence-electron chi connectivity index (χ0n) is 14.9.